The van der Waals surface area contributed by atoms with Crippen LogP contribution in [0.5, 0.6) is 0 Å². The van der Waals surface area contributed by atoms with Gasteiger partial charge in [0, 0.05) is 11.9 Å². The minimum absolute atomic E-state index is 0.0466. The molecule has 1 aromatic carbocycles. The topological polar surface area (TPSA) is 60.7 Å². The summed E-state index contributed by atoms with van der Waals surface area (Å²) in [6, 6.07) is 3.01. The number of rotatable bonds is 1. The van der Waals surface area contributed by atoms with Crippen molar-refractivity contribution in [2.24, 2.45) is 0 Å². The van der Waals surface area contributed by atoms with Gasteiger partial charge in [-0.3, -0.25) is 9.36 Å². The van der Waals surface area contributed by atoms with Gasteiger partial charge in [-0.15, -0.1) is 5.10 Å². The Kier molecular flexibility index (Phi) is 3.27. The van der Waals surface area contributed by atoms with Crippen LogP contribution in [-0.2, 0) is 12.7 Å². The highest BCUT2D eigenvalue weighted by Gasteiger charge is 2.31. The molecule has 0 bridgehead atoms. The Bertz CT molecular complexity index is 1020. The quantitative estimate of drug-likeness (QED) is 0.676. The minimum Gasteiger partial charge on any atom is -0.292 e. The highest BCUT2D eigenvalue weighted by Crippen LogP contribution is 2.32. The van der Waals surface area contributed by atoms with Gasteiger partial charge in [0.1, 0.15) is 5.82 Å². The van der Waals surface area contributed by atoms with Crippen LogP contribution in [0.3, 0.4) is 0 Å². The minimum atomic E-state index is -4.48. The summed E-state index contributed by atoms with van der Waals surface area (Å²) < 4.78 is 43.9. The lowest BCUT2D eigenvalue weighted by molar-refractivity contribution is -0.137. The Labute approximate surface area is 137 Å². The molecule has 1 aliphatic rings. The van der Waals surface area contributed by atoms with Crippen molar-refractivity contribution >= 4 is 34.1 Å². The Hall–Kier alpha value is -2.55. The molecule has 2 aromatic heterocycles. The summed E-state index contributed by atoms with van der Waals surface area (Å²) in [7, 11) is 0. The van der Waals surface area contributed by atoms with Crippen LogP contribution in [0.25, 0.3) is 22.6 Å². The summed E-state index contributed by atoms with van der Waals surface area (Å²) in [5, 5.41) is 5.84. The van der Waals surface area contributed by atoms with Gasteiger partial charge in [0.25, 0.3) is 5.56 Å². The fraction of sp³-hybridized carbons (Fsp3) is 0.200. The zero-order valence-corrected chi connectivity index (χ0v) is 12.9. The smallest absolute Gasteiger partial charge is 0.292 e. The first-order valence-electron chi connectivity index (χ1n) is 7.03. The maximum Gasteiger partial charge on any atom is 0.416 e. The fourth-order valence-corrected chi connectivity index (χ4v) is 3.16. The standard InChI is InChI=1S/C15H9F3N4OS/c16-15(17,18)9-1-2-11-12(6-9)19-13-8(3-4-22(13)14(11)23)5-10-7-24-21-20-10/h1-2,5-7H,3-4H2/b8-5+. The van der Waals surface area contributed by atoms with Gasteiger partial charge in [0.05, 0.1) is 22.2 Å². The van der Waals surface area contributed by atoms with Gasteiger partial charge in [-0.05, 0) is 47.8 Å². The predicted octanol–water partition coefficient (Wildman–Crippen LogP) is 3.21. The molecule has 3 heterocycles. The van der Waals surface area contributed by atoms with Crippen LogP contribution < -0.4 is 5.56 Å². The summed E-state index contributed by atoms with van der Waals surface area (Å²) >= 11 is 1.20. The average Bonchev–Trinajstić information content (AvgIpc) is 3.17. The van der Waals surface area contributed by atoms with Crippen molar-refractivity contribution in [2.75, 3.05) is 0 Å². The summed E-state index contributed by atoms with van der Waals surface area (Å²) in [5.41, 5.74) is 0.300. The largest absolute Gasteiger partial charge is 0.416 e. The highest BCUT2D eigenvalue weighted by atomic mass is 32.1. The van der Waals surface area contributed by atoms with Crippen molar-refractivity contribution in [3.63, 3.8) is 0 Å². The molecule has 0 atom stereocenters. The summed E-state index contributed by atoms with van der Waals surface area (Å²) in [6.45, 7) is 0.446. The zero-order chi connectivity index (χ0) is 16.9. The second-order valence-electron chi connectivity index (χ2n) is 5.37. The number of nitrogens with zero attached hydrogens (tertiary/aromatic N) is 4. The van der Waals surface area contributed by atoms with E-state index in [0.29, 0.717) is 24.5 Å². The number of allylic oxidation sites excluding steroid dienone is 1. The molecule has 24 heavy (non-hydrogen) atoms. The number of hydrogen-bond donors (Lipinski definition) is 0. The third kappa shape index (κ3) is 2.41. The fourth-order valence-electron chi connectivity index (χ4n) is 2.74. The third-order valence-corrected chi connectivity index (χ3v) is 4.40. The first kappa shape index (κ1) is 15.0. The lowest BCUT2D eigenvalue weighted by atomic mass is 10.1. The first-order valence-corrected chi connectivity index (χ1v) is 7.87. The third-order valence-electron chi connectivity index (χ3n) is 3.87. The molecule has 0 saturated heterocycles. The second kappa shape index (κ2) is 5.23. The van der Waals surface area contributed by atoms with Gasteiger partial charge >= 0.3 is 6.18 Å². The molecule has 1 aliphatic heterocycles. The highest BCUT2D eigenvalue weighted by molar-refractivity contribution is 7.03. The number of fused-ring (bicyclic) bond motifs is 2. The van der Waals surface area contributed by atoms with Gasteiger partial charge in [0.15, 0.2) is 0 Å². The molecule has 3 aromatic rings. The van der Waals surface area contributed by atoms with Crippen molar-refractivity contribution in [3.8, 4) is 0 Å². The Balaban J connectivity index is 1.92. The van der Waals surface area contributed by atoms with Gasteiger partial charge in [-0.1, -0.05) is 4.49 Å². The predicted molar refractivity (Wildman–Crippen MR) is 83.4 cm³/mol. The molecular weight excluding hydrogens is 341 g/mol. The van der Waals surface area contributed by atoms with Crippen molar-refractivity contribution < 1.29 is 13.2 Å². The molecule has 5 nitrogen and oxygen atoms in total. The van der Waals surface area contributed by atoms with E-state index in [1.807, 2.05) is 0 Å². The van der Waals surface area contributed by atoms with E-state index < -0.39 is 11.7 Å². The second-order valence-corrected chi connectivity index (χ2v) is 5.98. The van der Waals surface area contributed by atoms with Crippen LogP contribution in [0.15, 0.2) is 28.4 Å². The van der Waals surface area contributed by atoms with Gasteiger partial charge < -0.3 is 0 Å². The lowest BCUT2D eigenvalue weighted by Gasteiger charge is -2.09. The number of hydrogen-bond acceptors (Lipinski definition) is 5. The van der Waals surface area contributed by atoms with Crippen molar-refractivity contribution in [3.05, 3.63) is 51.0 Å². The molecule has 0 fully saturated rings. The van der Waals surface area contributed by atoms with Crippen molar-refractivity contribution in [2.45, 2.75) is 19.1 Å². The molecule has 0 spiro atoms. The molecule has 0 N–H and O–H groups in total. The Morgan fingerprint density at radius 3 is 2.83 bits per heavy atom. The zero-order valence-electron chi connectivity index (χ0n) is 12.0. The molecule has 0 amide bonds. The number of alkyl halides is 3. The SMILES string of the molecule is O=c1c2ccc(C(F)(F)F)cc2nc2n1CC/C2=C\c1csnn1. The van der Waals surface area contributed by atoms with E-state index in [2.05, 4.69) is 14.6 Å². The van der Waals surface area contributed by atoms with E-state index in [-0.39, 0.29) is 16.5 Å². The Morgan fingerprint density at radius 2 is 2.12 bits per heavy atom. The summed E-state index contributed by atoms with van der Waals surface area (Å²) in [4.78, 5) is 16.8. The summed E-state index contributed by atoms with van der Waals surface area (Å²) in [5.74, 6) is 0.389. The van der Waals surface area contributed by atoms with Crippen LogP contribution in [0.1, 0.15) is 23.5 Å². The van der Waals surface area contributed by atoms with Gasteiger partial charge in [0.2, 0.25) is 0 Å². The van der Waals surface area contributed by atoms with Crippen molar-refractivity contribution in [1.29, 1.82) is 0 Å². The van der Waals surface area contributed by atoms with Crippen LogP contribution in [0.2, 0.25) is 0 Å². The maximum absolute atomic E-state index is 12.9. The van der Waals surface area contributed by atoms with E-state index in [0.717, 1.165) is 17.7 Å². The first-order chi connectivity index (χ1) is 11.4. The molecule has 4 rings (SSSR count). The van der Waals surface area contributed by atoms with Crippen molar-refractivity contribution in [1.82, 2.24) is 19.1 Å². The van der Waals surface area contributed by atoms with Crippen LogP contribution in [-0.4, -0.2) is 19.1 Å². The summed E-state index contributed by atoms with van der Waals surface area (Å²) in [6.07, 6.45) is -2.15. The van der Waals surface area contributed by atoms with Gasteiger partial charge in [-0.25, -0.2) is 4.98 Å². The molecule has 122 valence electrons. The number of halogens is 3. The molecule has 9 heteroatoms. The molecule has 0 aliphatic carbocycles. The van der Waals surface area contributed by atoms with Crippen LogP contribution in [0, 0.1) is 0 Å². The number of benzene rings is 1. The normalized spacial score (nSPS) is 16.0. The van der Waals surface area contributed by atoms with E-state index in [1.165, 1.54) is 22.2 Å². The molecule has 0 saturated carbocycles. The maximum atomic E-state index is 12.9. The number of aromatic nitrogens is 4. The van der Waals surface area contributed by atoms with E-state index in [1.54, 1.807) is 11.5 Å². The molecule has 0 radical (unpaired) electrons. The van der Waals surface area contributed by atoms with E-state index in [9.17, 15) is 18.0 Å². The van der Waals surface area contributed by atoms with Gasteiger partial charge in [-0.2, -0.15) is 13.2 Å². The van der Waals surface area contributed by atoms with Crippen LogP contribution in [0.4, 0.5) is 13.2 Å². The average molecular weight is 350 g/mol. The van der Waals surface area contributed by atoms with E-state index >= 15 is 0 Å². The molecule has 0 unspecified atom stereocenters. The monoisotopic (exact) mass is 350 g/mol. The molecular formula is C15H9F3N4OS. The Morgan fingerprint density at radius 1 is 1.29 bits per heavy atom. The lowest BCUT2D eigenvalue weighted by Crippen LogP contribution is -2.21. The van der Waals surface area contributed by atoms with Crippen LogP contribution >= 0.6 is 11.5 Å². The van der Waals surface area contributed by atoms with E-state index in [4.69, 9.17) is 0 Å².